The summed E-state index contributed by atoms with van der Waals surface area (Å²) >= 11 is 14.4. The Morgan fingerprint density at radius 3 is 2.43 bits per heavy atom. The highest BCUT2D eigenvalue weighted by molar-refractivity contribution is 7.11. The Labute approximate surface area is 140 Å². The molecule has 2 rings (SSSR count). The number of aryl methyl sites for hydroxylation is 2. The van der Waals surface area contributed by atoms with Gasteiger partial charge >= 0.3 is 0 Å². The molecule has 0 bridgehead atoms. The van der Waals surface area contributed by atoms with Crippen LogP contribution in [0.4, 0.5) is 0 Å². The molecule has 0 amide bonds. The Kier molecular flexibility index (Phi) is 6.06. The molecule has 0 aliphatic carbocycles. The number of halogens is 2. The van der Waals surface area contributed by atoms with E-state index in [-0.39, 0.29) is 6.04 Å². The average molecular weight is 343 g/mol. The fourth-order valence-electron chi connectivity index (χ4n) is 2.38. The van der Waals surface area contributed by atoms with E-state index in [9.17, 15) is 0 Å². The third-order valence-corrected chi connectivity index (χ3v) is 5.26. The Morgan fingerprint density at radius 1 is 1.24 bits per heavy atom. The predicted octanol–water partition coefficient (Wildman–Crippen LogP) is 5.35. The highest BCUT2D eigenvalue weighted by atomic mass is 35.5. The third-order valence-electron chi connectivity index (χ3n) is 3.37. The second-order valence-electron chi connectivity index (χ2n) is 5.09. The maximum absolute atomic E-state index is 6.32. The van der Waals surface area contributed by atoms with E-state index in [1.165, 1.54) is 4.88 Å². The number of hydrogen-bond donors (Lipinski definition) is 1. The fourth-order valence-corrected chi connectivity index (χ4v) is 3.93. The van der Waals surface area contributed by atoms with Gasteiger partial charge in [0.25, 0.3) is 0 Å². The number of hydrogen-bond acceptors (Lipinski definition) is 3. The molecular formula is C16H20Cl2N2S. The molecule has 1 unspecified atom stereocenters. The van der Waals surface area contributed by atoms with Gasteiger partial charge in [-0.05, 0) is 50.9 Å². The van der Waals surface area contributed by atoms with Crippen molar-refractivity contribution >= 4 is 34.5 Å². The Morgan fingerprint density at radius 2 is 1.90 bits per heavy atom. The van der Waals surface area contributed by atoms with E-state index >= 15 is 0 Å². The summed E-state index contributed by atoms with van der Waals surface area (Å²) in [5.41, 5.74) is 2.09. The summed E-state index contributed by atoms with van der Waals surface area (Å²) in [4.78, 5) is 5.81. The molecule has 1 aromatic heterocycles. The van der Waals surface area contributed by atoms with Crippen LogP contribution in [0.25, 0.3) is 0 Å². The van der Waals surface area contributed by atoms with Crippen molar-refractivity contribution in [2.75, 3.05) is 6.54 Å². The Bertz CT molecular complexity index is 590. The summed E-state index contributed by atoms with van der Waals surface area (Å²) in [7, 11) is 0. The van der Waals surface area contributed by atoms with Crippen LogP contribution < -0.4 is 5.32 Å². The van der Waals surface area contributed by atoms with Crippen LogP contribution in [0.15, 0.2) is 18.2 Å². The number of nitrogens with one attached hydrogen (secondary N) is 1. The molecule has 0 aliphatic rings. The van der Waals surface area contributed by atoms with E-state index in [1.54, 1.807) is 11.3 Å². The second-order valence-corrected chi connectivity index (χ2v) is 7.14. The first-order chi connectivity index (χ1) is 10.0. The van der Waals surface area contributed by atoms with Gasteiger partial charge in [0.1, 0.15) is 0 Å². The summed E-state index contributed by atoms with van der Waals surface area (Å²) in [6.07, 6.45) is 1.87. The maximum atomic E-state index is 6.32. The molecule has 1 N–H and O–H groups in total. The van der Waals surface area contributed by atoms with Crippen molar-refractivity contribution < 1.29 is 0 Å². The van der Waals surface area contributed by atoms with Crippen LogP contribution in [0.3, 0.4) is 0 Å². The van der Waals surface area contributed by atoms with Crippen LogP contribution in [0.2, 0.25) is 10.0 Å². The first kappa shape index (κ1) is 16.8. The van der Waals surface area contributed by atoms with Crippen molar-refractivity contribution in [1.29, 1.82) is 0 Å². The van der Waals surface area contributed by atoms with E-state index in [2.05, 4.69) is 24.1 Å². The maximum Gasteiger partial charge on any atom is 0.0900 e. The van der Waals surface area contributed by atoms with Crippen molar-refractivity contribution in [2.24, 2.45) is 0 Å². The van der Waals surface area contributed by atoms with Gasteiger partial charge < -0.3 is 5.32 Å². The first-order valence-electron chi connectivity index (χ1n) is 7.13. The molecule has 5 heteroatoms. The fraction of sp³-hybridized carbons (Fsp3) is 0.438. The molecule has 1 heterocycles. The van der Waals surface area contributed by atoms with Crippen LogP contribution in [0.5, 0.6) is 0 Å². The molecule has 21 heavy (non-hydrogen) atoms. The minimum absolute atomic E-state index is 0.202. The van der Waals surface area contributed by atoms with Gasteiger partial charge in [-0.2, -0.15) is 0 Å². The zero-order valence-electron chi connectivity index (χ0n) is 12.5. The van der Waals surface area contributed by atoms with Crippen molar-refractivity contribution in [1.82, 2.24) is 10.3 Å². The normalized spacial score (nSPS) is 12.6. The average Bonchev–Trinajstić information content (AvgIpc) is 2.76. The topological polar surface area (TPSA) is 24.9 Å². The minimum atomic E-state index is 0.202. The van der Waals surface area contributed by atoms with Gasteiger partial charge in [0.15, 0.2) is 0 Å². The first-order valence-corrected chi connectivity index (χ1v) is 8.70. The highest BCUT2D eigenvalue weighted by Gasteiger charge is 2.20. The number of benzene rings is 1. The van der Waals surface area contributed by atoms with Gasteiger partial charge in [-0.3, -0.25) is 0 Å². The summed E-state index contributed by atoms with van der Waals surface area (Å²) in [6, 6.07) is 5.87. The van der Waals surface area contributed by atoms with Gasteiger partial charge in [-0.25, -0.2) is 4.98 Å². The summed E-state index contributed by atoms with van der Waals surface area (Å²) in [6.45, 7) is 7.23. The van der Waals surface area contributed by atoms with E-state index in [0.29, 0.717) is 0 Å². The van der Waals surface area contributed by atoms with Gasteiger partial charge in [-0.15, -0.1) is 11.3 Å². The minimum Gasteiger partial charge on any atom is -0.309 e. The van der Waals surface area contributed by atoms with Crippen molar-refractivity contribution in [2.45, 2.75) is 39.7 Å². The summed E-state index contributed by atoms with van der Waals surface area (Å²) in [5, 5.41) is 6.14. The molecule has 0 aliphatic heterocycles. The van der Waals surface area contributed by atoms with Gasteiger partial charge in [-0.1, -0.05) is 36.2 Å². The van der Waals surface area contributed by atoms with Gasteiger partial charge in [0.05, 0.1) is 10.7 Å². The summed E-state index contributed by atoms with van der Waals surface area (Å²) in [5.74, 6) is 0. The van der Waals surface area contributed by atoms with Crippen molar-refractivity contribution in [3.05, 3.63) is 49.4 Å². The number of rotatable bonds is 6. The Balaban J connectivity index is 2.30. The lowest BCUT2D eigenvalue weighted by molar-refractivity contribution is 0.534. The molecule has 0 saturated carbocycles. The molecule has 2 nitrogen and oxygen atoms in total. The SMILES string of the molecule is CCCNC(Cc1c(Cl)cccc1Cl)c1sc(C)nc1C. The van der Waals surface area contributed by atoms with Crippen LogP contribution in [0, 0.1) is 13.8 Å². The monoisotopic (exact) mass is 342 g/mol. The van der Waals surface area contributed by atoms with Crippen molar-refractivity contribution in [3.63, 3.8) is 0 Å². The largest absolute Gasteiger partial charge is 0.309 e. The molecule has 0 radical (unpaired) electrons. The number of thiazole rings is 1. The number of nitrogens with zero attached hydrogens (tertiary/aromatic N) is 1. The lowest BCUT2D eigenvalue weighted by atomic mass is 10.0. The van der Waals surface area contributed by atoms with E-state index in [1.807, 2.05) is 25.1 Å². The second kappa shape index (κ2) is 7.59. The zero-order valence-corrected chi connectivity index (χ0v) is 14.9. The molecule has 114 valence electrons. The lowest BCUT2D eigenvalue weighted by Gasteiger charge is -2.19. The standard InChI is InChI=1S/C16H20Cl2N2S/c1-4-8-19-15(16-10(2)20-11(3)21-16)9-12-13(17)6-5-7-14(12)18/h5-7,15,19H,4,8-9H2,1-3H3. The summed E-state index contributed by atoms with van der Waals surface area (Å²) < 4.78 is 0. The highest BCUT2D eigenvalue weighted by Crippen LogP contribution is 2.32. The van der Waals surface area contributed by atoms with Gasteiger partial charge in [0, 0.05) is 21.0 Å². The molecular weight excluding hydrogens is 323 g/mol. The quantitative estimate of drug-likeness (QED) is 0.765. The van der Waals surface area contributed by atoms with Crippen LogP contribution in [-0.2, 0) is 6.42 Å². The van der Waals surface area contributed by atoms with Crippen LogP contribution >= 0.6 is 34.5 Å². The smallest absolute Gasteiger partial charge is 0.0900 e. The van der Waals surface area contributed by atoms with Crippen molar-refractivity contribution in [3.8, 4) is 0 Å². The Hall–Kier alpha value is -0.610. The number of aromatic nitrogens is 1. The lowest BCUT2D eigenvalue weighted by Crippen LogP contribution is -2.24. The third kappa shape index (κ3) is 4.19. The van der Waals surface area contributed by atoms with Crippen LogP contribution in [0.1, 0.15) is 40.5 Å². The molecule has 2 aromatic rings. The van der Waals surface area contributed by atoms with E-state index in [4.69, 9.17) is 23.2 Å². The molecule has 1 atom stereocenters. The molecule has 0 fully saturated rings. The van der Waals surface area contributed by atoms with E-state index in [0.717, 1.165) is 45.7 Å². The zero-order chi connectivity index (χ0) is 15.4. The molecule has 0 spiro atoms. The predicted molar refractivity (Wildman–Crippen MR) is 92.8 cm³/mol. The molecule has 0 saturated heterocycles. The van der Waals surface area contributed by atoms with Gasteiger partial charge in [0.2, 0.25) is 0 Å². The van der Waals surface area contributed by atoms with E-state index < -0.39 is 0 Å². The van der Waals surface area contributed by atoms with Crippen LogP contribution in [-0.4, -0.2) is 11.5 Å². The molecule has 1 aromatic carbocycles.